The maximum absolute atomic E-state index is 13.0. The van der Waals surface area contributed by atoms with Crippen molar-refractivity contribution in [3.05, 3.63) is 65.2 Å². The average molecular weight is 367 g/mol. The van der Waals surface area contributed by atoms with Crippen molar-refractivity contribution < 1.29 is 14.3 Å². The molecule has 6 nitrogen and oxygen atoms in total. The molecule has 2 aromatic carbocycles. The minimum absolute atomic E-state index is 0.00395. The summed E-state index contributed by atoms with van der Waals surface area (Å²) in [5.74, 6) is 0.00395. The van der Waals surface area contributed by atoms with Gasteiger partial charge in [0.15, 0.2) is 0 Å². The number of rotatable bonds is 6. The maximum atomic E-state index is 13.0. The number of hydrogen-bond donors (Lipinski definition) is 2. The Labute approximate surface area is 159 Å². The lowest BCUT2D eigenvalue weighted by atomic mass is 10.1. The molecule has 0 spiro atoms. The third-order valence-electron chi connectivity index (χ3n) is 4.65. The summed E-state index contributed by atoms with van der Waals surface area (Å²) in [7, 11) is 1.59. The van der Waals surface area contributed by atoms with Crippen LogP contribution in [0, 0.1) is 0 Å². The summed E-state index contributed by atoms with van der Waals surface area (Å²) in [5, 5.41) is 5.55. The van der Waals surface area contributed by atoms with Crippen LogP contribution in [-0.4, -0.2) is 38.2 Å². The van der Waals surface area contributed by atoms with E-state index in [0.717, 1.165) is 23.2 Å². The molecule has 0 aromatic heterocycles. The van der Waals surface area contributed by atoms with Gasteiger partial charge in [0.05, 0.1) is 6.61 Å². The lowest BCUT2D eigenvalue weighted by molar-refractivity contribution is 0.0981. The maximum Gasteiger partial charge on any atom is 0.315 e. The third kappa shape index (κ3) is 4.46. The van der Waals surface area contributed by atoms with E-state index in [1.54, 1.807) is 7.11 Å². The molecule has 6 heteroatoms. The zero-order valence-electron chi connectivity index (χ0n) is 15.7. The largest absolute Gasteiger partial charge is 0.383 e. The molecule has 3 amide bonds. The second-order valence-electron chi connectivity index (χ2n) is 6.66. The van der Waals surface area contributed by atoms with E-state index in [9.17, 15) is 9.59 Å². The predicted octanol–water partition coefficient (Wildman–Crippen LogP) is 2.72. The molecule has 2 N–H and O–H groups in total. The van der Waals surface area contributed by atoms with Crippen molar-refractivity contribution in [2.75, 3.05) is 25.2 Å². The smallest absolute Gasteiger partial charge is 0.315 e. The van der Waals surface area contributed by atoms with Gasteiger partial charge in [0, 0.05) is 37.5 Å². The van der Waals surface area contributed by atoms with Crippen molar-refractivity contribution in [2.45, 2.75) is 25.9 Å². The number of carbonyl (C=O) groups excluding carboxylic acids is 2. The SMILES string of the molecule is COCCNC(=O)NCc1ccc2c(c1)N(C(=O)c1ccccc1)[C@H](C)C2. The molecule has 0 fully saturated rings. The second-order valence-corrected chi connectivity index (χ2v) is 6.66. The molecule has 1 aliphatic rings. The molecule has 0 aliphatic carbocycles. The van der Waals surface area contributed by atoms with Crippen molar-refractivity contribution in [3.63, 3.8) is 0 Å². The van der Waals surface area contributed by atoms with E-state index < -0.39 is 0 Å². The van der Waals surface area contributed by atoms with Gasteiger partial charge >= 0.3 is 6.03 Å². The van der Waals surface area contributed by atoms with E-state index in [1.807, 2.05) is 53.4 Å². The van der Waals surface area contributed by atoms with E-state index >= 15 is 0 Å². The zero-order valence-corrected chi connectivity index (χ0v) is 15.7. The molecule has 0 bridgehead atoms. The zero-order chi connectivity index (χ0) is 19.2. The molecule has 2 aromatic rings. The van der Waals surface area contributed by atoms with Crippen LogP contribution in [0.5, 0.6) is 0 Å². The van der Waals surface area contributed by atoms with Gasteiger partial charge in [-0.15, -0.1) is 0 Å². The van der Waals surface area contributed by atoms with E-state index in [4.69, 9.17) is 4.74 Å². The summed E-state index contributed by atoms with van der Waals surface area (Å²) >= 11 is 0. The summed E-state index contributed by atoms with van der Waals surface area (Å²) in [4.78, 5) is 26.6. The molecule has 0 saturated carbocycles. The Morgan fingerprint density at radius 3 is 2.67 bits per heavy atom. The Bertz CT molecular complexity index is 808. The fourth-order valence-electron chi connectivity index (χ4n) is 3.30. The number of nitrogens with zero attached hydrogens (tertiary/aromatic N) is 1. The highest BCUT2D eigenvalue weighted by molar-refractivity contribution is 6.07. The summed E-state index contributed by atoms with van der Waals surface area (Å²) in [6.45, 7) is 3.39. The van der Waals surface area contributed by atoms with E-state index in [0.29, 0.717) is 25.3 Å². The average Bonchev–Trinajstić information content (AvgIpc) is 3.01. The number of carbonyl (C=O) groups is 2. The standard InChI is InChI=1S/C21H25N3O3/c1-15-12-18-9-8-16(14-23-21(26)22-10-11-27-2)13-19(18)24(15)20(25)17-6-4-3-5-7-17/h3-9,13,15H,10-12,14H2,1-2H3,(H2,22,23,26)/t15-/m1/s1. The summed E-state index contributed by atoms with van der Waals surface area (Å²) in [6.07, 6.45) is 0.832. The Morgan fingerprint density at radius 2 is 1.93 bits per heavy atom. The van der Waals surface area contributed by atoms with E-state index in [1.165, 1.54) is 0 Å². The molecular formula is C21H25N3O3. The van der Waals surface area contributed by atoms with Crippen LogP contribution in [0.15, 0.2) is 48.5 Å². The minimum Gasteiger partial charge on any atom is -0.383 e. The lowest BCUT2D eigenvalue weighted by Gasteiger charge is -2.23. The molecule has 0 saturated heterocycles. The molecule has 1 aliphatic heterocycles. The van der Waals surface area contributed by atoms with E-state index in [2.05, 4.69) is 17.6 Å². The summed E-state index contributed by atoms with van der Waals surface area (Å²) in [5.41, 5.74) is 3.71. The summed E-state index contributed by atoms with van der Waals surface area (Å²) < 4.78 is 4.91. The van der Waals surface area contributed by atoms with Gasteiger partial charge in [-0.2, -0.15) is 0 Å². The van der Waals surface area contributed by atoms with Gasteiger partial charge in [-0.05, 0) is 42.7 Å². The first-order chi connectivity index (χ1) is 13.1. The van der Waals surface area contributed by atoms with Crippen LogP contribution in [0.2, 0.25) is 0 Å². The first-order valence-corrected chi connectivity index (χ1v) is 9.11. The number of methoxy groups -OCH3 is 1. The molecule has 3 rings (SSSR count). The fourth-order valence-corrected chi connectivity index (χ4v) is 3.30. The molecule has 0 radical (unpaired) electrons. The van der Waals surface area contributed by atoms with Crippen LogP contribution in [0.1, 0.15) is 28.4 Å². The number of benzene rings is 2. The number of ether oxygens (including phenoxy) is 1. The Kier molecular flexibility index (Phi) is 6.08. The van der Waals surface area contributed by atoms with Crippen LogP contribution in [0.4, 0.5) is 10.5 Å². The highest BCUT2D eigenvalue weighted by atomic mass is 16.5. The van der Waals surface area contributed by atoms with Crippen LogP contribution in [-0.2, 0) is 17.7 Å². The van der Waals surface area contributed by atoms with Crippen molar-refractivity contribution in [1.29, 1.82) is 0 Å². The highest BCUT2D eigenvalue weighted by Gasteiger charge is 2.31. The quantitative estimate of drug-likeness (QED) is 0.771. The van der Waals surface area contributed by atoms with Gasteiger partial charge in [-0.1, -0.05) is 30.3 Å². The number of urea groups is 1. The predicted molar refractivity (Wildman–Crippen MR) is 105 cm³/mol. The molecule has 0 unspecified atom stereocenters. The Hall–Kier alpha value is -2.86. The molecule has 142 valence electrons. The van der Waals surface area contributed by atoms with Gasteiger partial charge in [0.25, 0.3) is 5.91 Å². The first kappa shape index (κ1) is 18.9. The second kappa shape index (κ2) is 8.68. The monoisotopic (exact) mass is 367 g/mol. The van der Waals surface area contributed by atoms with Crippen molar-refractivity contribution in [3.8, 4) is 0 Å². The minimum atomic E-state index is -0.238. The topological polar surface area (TPSA) is 70.7 Å². The molecule has 1 heterocycles. The van der Waals surface area contributed by atoms with Crippen LogP contribution < -0.4 is 15.5 Å². The number of nitrogens with one attached hydrogen (secondary N) is 2. The van der Waals surface area contributed by atoms with Gasteiger partial charge in [-0.3, -0.25) is 4.79 Å². The molecule has 1 atom stereocenters. The number of fused-ring (bicyclic) bond motifs is 1. The molecular weight excluding hydrogens is 342 g/mol. The van der Waals surface area contributed by atoms with Crippen LogP contribution in [0.3, 0.4) is 0 Å². The fraction of sp³-hybridized carbons (Fsp3) is 0.333. The summed E-state index contributed by atoms with van der Waals surface area (Å²) in [6, 6.07) is 15.2. The van der Waals surface area contributed by atoms with Crippen molar-refractivity contribution in [1.82, 2.24) is 10.6 Å². The van der Waals surface area contributed by atoms with E-state index in [-0.39, 0.29) is 18.0 Å². The third-order valence-corrected chi connectivity index (χ3v) is 4.65. The van der Waals surface area contributed by atoms with Gasteiger partial charge in [0.1, 0.15) is 0 Å². The number of amides is 3. The van der Waals surface area contributed by atoms with Crippen LogP contribution >= 0.6 is 0 Å². The Balaban J connectivity index is 1.71. The molecule has 27 heavy (non-hydrogen) atoms. The Morgan fingerprint density at radius 1 is 1.15 bits per heavy atom. The number of hydrogen-bond acceptors (Lipinski definition) is 3. The first-order valence-electron chi connectivity index (χ1n) is 9.11. The highest BCUT2D eigenvalue weighted by Crippen LogP contribution is 2.34. The van der Waals surface area contributed by atoms with Gasteiger partial charge < -0.3 is 20.3 Å². The lowest BCUT2D eigenvalue weighted by Crippen LogP contribution is -2.37. The van der Waals surface area contributed by atoms with Crippen molar-refractivity contribution in [2.24, 2.45) is 0 Å². The van der Waals surface area contributed by atoms with Crippen LogP contribution in [0.25, 0.3) is 0 Å². The number of anilines is 1. The van der Waals surface area contributed by atoms with Crippen molar-refractivity contribution >= 4 is 17.6 Å². The van der Waals surface area contributed by atoms with Gasteiger partial charge in [0.2, 0.25) is 0 Å². The normalized spacial score (nSPS) is 15.3. The van der Waals surface area contributed by atoms with Gasteiger partial charge in [-0.25, -0.2) is 4.79 Å².